The summed E-state index contributed by atoms with van der Waals surface area (Å²) in [5.74, 6) is -17.9. The Hall–Kier alpha value is -11.3. The number of hydrogen-bond donors (Lipinski definition) is 16. The maximum Gasteiger partial charge on any atom is 0.246 e. The fourth-order valence-corrected chi connectivity index (χ4v) is 16.5. The summed E-state index contributed by atoms with van der Waals surface area (Å²) in [4.78, 5) is 237. The van der Waals surface area contributed by atoms with E-state index in [2.05, 4.69) is 58.5 Å². The summed E-state index contributed by atoms with van der Waals surface area (Å²) < 4.78 is 0. The van der Waals surface area contributed by atoms with Gasteiger partial charge in [0.25, 0.3) is 0 Å². The number of hydrogen-bond acceptors (Lipinski definition) is 21. The topological polar surface area (TPSA) is 528 Å². The third-order valence-corrected chi connectivity index (χ3v) is 23.0. The van der Waals surface area contributed by atoms with Crippen LogP contribution in [0, 0.1) is 5.92 Å². The van der Waals surface area contributed by atoms with E-state index in [-0.39, 0.29) is 88.9 Å². The molecule has 4 aromatic rings. The first-order chi connectivity index (χ1) is 54.5. The number of amides is 16. The molecule has 0 radical (unpaired) electrons. The van der Waals surface area contributed by atoms with Gasteiger partial charge in [-0.05, 0) is 103 Å². The Morgan fingerprint density at radius 1 is 0.430 bits per heavy atom. The molecular weight excluding hydrogens is 1520 g/mol. The van der Waals surface area contributed by atoms with Crippen molar-refractivity contribution in [2.24, 2.45) is 17.4 Å². The summed E-state index contributed by atoms with van der Waals surface area (Å²) in [6, 6.07) is 6.68. The van der Waals surface area contributed by atoms with Crippen molar-refractivity contribution >= 4 is 116 Å². The highest BCUT2D eigenvalue weighted by Gasteiger charge is 2.47. The number of phenolic OH excluding ortho intramolecular Hbond substituents is 2. The predicted molar refractivity (Wildman–Crippen MR) is 415 cm³/mol. The van der Waals surface area contributed by atoms with Gasteiger partial charge in [0, 0.05) is 50.4 Å². The van der Waals surface area contributed by atoms with Crippen LogP contribution in [0.3, 0.4) is 0 Å². The third-order valence-electron chi connectivity index (χ3n) is 20.6. The highest BCUT2D eigenvalue weighted by molar-refractivity contribution is 8.76. The van der Waals surface area contributed by atoms with E-state index in [0.29, 0.717) is 29.5 Å². The van der Waals surface area contributed by atoms with Crippen molar-refractivity contribution in [1.29, 1.82) is 0 Å². The number of rotatable bonds is 15. The minimum atomic E-state index is -1.85. The SMILES string of the molecule is CCC1NC(=O)[C@H](Cc2ccc(O)cc2)NC(=O)[C@@H]2CSSC[C@H](NC(=O)[C@H]([C@@H](C)CC)NC(=O)[C@@H]3CCCN3C(=O)[C@@H]3CCCN3C(=O)[C@H](Cc3ccc(O)cc3)NC(=O)[C@H](CO)NC1=O)C(=O)N[C@@H](CC(N)=O)C(=O)N1CCC[C@H]1C(=O)N[C@@H](CC(N)=O)C(=O)NCC(=O)N[C@@H](Cc1ccc(-c3ccccc3)cc1)C(=O)N2. The number of carbonyl (C=O) groups is 16. The fraction of sp³-hybridized carbons (Fsp3) is 0.481. The molecule has 114 heavy (non-hydrogen) atoms. The van der Waals surface area contributed by atoms with Gasteiger partial charge < -0.3 is 100.0 Å². The molecule has 9 rings (SSSR count). The number of benzene rings is 4. The number of primary amides is 2. The van der Waals surface area contributed by atoms with Gasteiger partial charge in [-0.2, -0.15) is 0 Å². The molecule has 0 aromatic heterocycles. The molecule has 16 amide bonds. The first kappa shape index (κ1) is 86.6. The van der Waals surface area contributed by atoms with Crippen molar-refractivity contribution in [3.63, 3.8) is 0 Å². The quantitative estimate of drug-likeness (QED) is 0.0540. The van der Waals surface area contributed by atoms with Crippen LogP contribution in [-0.2, 0) is 96.0 Å². The summed E-state index contributed by atoms with van der Waals surface area (Å²) >= 11 is 0. The van der Waals surface area contributed by atoms with Crippen molar-refractivity contribution in [2.75, 3.05) is 44.3 Å². The second-order valence-electron chi connectivity index (χ2n) is 28.8. The lowest BCUT2D eigenvalue weighted by Crippen LogP contribution is -2.62. The molecule has 5 heterocycles. The van der Waals surface area contributed by atoms with E-state index in [1.807, 2.05) is 30.3 Å². The number of nitrogens with one attached hydrogen (secondary N) is 11. The average molecular weight is 1620 g/mol. The Labute approximate surface area is 665 Å². The Morgan fingerprint density at radius 2 is 0.833 bits per heavy atom. The number of phenols is 2. The molecule has 0 aliphatic carbocycles. The average Bonchev–Trinajstić information content (AvgIpc) is 1.64. The lowest BCUT2D eigenvalue weighted by molar-refractivity contribution is -0.148. The van der Waals surface area contributed by atoms with Crippen molar-refractivity contribution in [3.05, 3.63) is 120 Å². The first-order valence-corrected chi connectivity index (χ1v) is 40.4. The zero-order valence-corrected chi connectivity index (χ0v) is 64.9. The smallest absolute Gasteiger partial charge is 0.246 e. The molecule has 2 bridgehead atoms. The van der Waals surface area contributed by atoms with Gasteiger partial charge in [-0.25, -0.2) is 0 Å². The maximum absolute atomic E-state index is 15.4. The van der Waals surface area contributed by atoms with Crippen LogP contribution in [0.5, 0.6) is 11.5 Å². The maximum atomic E-state index is 15.4. The first-order valence-electron chi connectivity index (χ1n) is 37.9. The number of aromatic hydroxyl groups is 2. The molecule has 0 spiro atoms. The molecule has 18 N–H and O–H groups in total. The van der Waals surface area contributed by atoms with Crippen LogP contribution in [0.25, 0.3) is 11.1 Å². The lowest BCUT2D eigenvalue weighted by atomic mass is 9.97. The van der Waals surface area contributed by atoms with Gasteiger partial charge in [-0.15, -0.1) is 0 Å². The second kappa shape index (κ2) is 40.9. The van der Waals surface area contributed by atoms with Crippen LogP contribution in [0.4, 0.5) is 0 Å². The van der Waals surface area contributed by atoms with E-state index in [9.17, 15) is 58.5 Å². The van der Waals surface area contributed by atoms with Crippen LogP contribution in [0.2, 0.25) is 0 Å². The number of aliphatic hydroxyl groups excluding tert-OH is 1. The van der Waals surface area contributed by atoms with Gasteiger partial charge in [0.2, 0.25) is 94.5 Å². The van der Waals surface area contributed by atoms with E-state index in [1.54, 1.807) is 38.1 Å². The fourth-order valence-electron chi connectivity index (χ4n) is 14.1. The van der Waals surface area contributed by atoms with Crippen LogP contribution >= 0.6 is 21.6 Å². The van der Waals surface area contributed by atoms with Gasteiger partial charge in [0.05, 0.1) is 26.0 Å². The molecule has 1 unspecified atom stereocenters. The summed E-state index contributed by atoms with van der Waals surface area (Å²) in [7, 11) is 1.65. The number of fused-ring (bicyclic) bond motifs is 8. The number of aliphatic hydroxyl groups is 1. The molecule has 4 aromatic carbocycles. The number of nitrogens with two attached hydrogens (primary N) is 2. The van der Waals surface area contributed by atoms with Gasteiger partial charge in [-0.1, -0.05) is 128 Å². The number of carbonyl (C=O) groups excluding carboxylic acids is 16. The Balaban J connectivity index is 1.14. The minimum Gasteiger partial charge on any atom is -0.508 e. The van der Waals surface area contributed by atoms with E-state index < -0.39 is 216 Å². The normalized spacial score (nSPS) is 26.6. The van der Waals surface area contributed by atoms with Gasteiger partial charge in [0.15, 0.2) is 0 Å². The molecule has 5 fully saturated rings. The Bertz CT molecular complexity index is 4200. The molecule has 35 nitrogen and oxygen atoms in total. The van der Waals surface area contributed by atoms with Crippen LogP contribution in [-0.4, -0.2) is 247 Å². The molecule has 5 aliphatic rings. The highest BCUT2D eigenvalue weighted by atomic mass is 33.1. The van der Waals surface area contributed by atoms with Crippen LogP contribution in [0.1, 0.15) is 102 Å². The third kappa shape index (κ3) is 23.4. The van der Waals surface area contributed by atoms with E-state index in [1.165, 1.54) is 65.3 Å². The van der Waals surface area contributed by atoms with Crippen molar-refractivity contribution < 1.29 is 92.0 Å². The monoisotopic (exact) mass is 1610 g/mol. The summed E-state index contributed by atoms with van der Waals surface area (Å²) in [5.41, 5.74) is 14.1. The highest BCUT2D eigenvalue weighted by Crippen LogP contribution is 2.30. The molecular formula is C77H98N16O19S2. The summed E-state index contributed by atoms with van der Waals surface area (Å²) in [6.45, 7) is 2.79. The van der Waals surface area contributed by atoms with E-state index >= 15 is 33.6 Å². The molecule has 5 saturated heterocycles. The Morgan fingerprint density at radius 3 is 1.37 bits per heavy atom. The van der Waals surface area contributed by atoms with Gasteiger partial charge >= 0.3 is 0 Å². The summed E-state index contributed by atoms with van der Waals surface area (Å²) in [6.07, 6.45) is -1.65. The van der Waals surface area contributed by atoms with E-state index in [4.69, 9.17) is 11.5 Å². The molecule has 612 valence electrons. The van der Waals surface area contributed by atoms with E-state index in [0.717, 1.165) is 37.6 Å². The molecule has 5 aliphatic heterocycles. The molecule has 14 atom stereocenters. The van der Waals surface area contributed by atoms with Crippen molar-refractivity contribution in [2.45, 2.75) is 183 Å². The minimum absolute atomic E-state index is 0.00553. The Kier molecular flexibility index (Phi) is 31.1. The second-order valence-corrected chi connectivity index (χ2v) is 31.3. The van der Waals surface area contributed by atoms with Crippen LogP contribution < -0.4 is 70.0 Å². The standard InChI is InChI=1S/C77H98N16O19S2/c1-4-41(3)64-74(109)89-57-40-114-113-39-56(88-67(102)50(32-42-17-23-46(24-18-42)45-12-7-6-8-13-45)81-63(99)37-80-65(100)52(35-61(78)97)84-72(107)58-14-9-29-91(58)76(111)54(36-62(79)98)86-71(57)106)70(105)83-51(33-43-19-25-47(95)26-20-43)68(103)82-49(5-2)66(101)87-55(38-94)69(104)85-53(34-44-21-27-48(96)28-22-44)75(110)93-31-11-16-60(93)77(112)92-30-10-15-59(92)73(108)90-64/h6-8,12-13,17-28,41,49-60,64,94-96H,4-5,9-11,14-16,29-40H2,1-3H3,(H2,78,97)(H2,79,98)(H,80,100)(H,81,99)(H,82,103)(H,83,105)(H,84,107)(H,85,104)(H,86,106)(H,87,101)(H,88,102)(H,89,109)(H,90,108)/t41-,49?,50-,51-,52-,53-,54-,55-,56-,57-,58-,59-,60-,64-/m0/s1. The largest absolute Gasteiger partial charge is 0.508 e. The van der Waals surface area contributed by atoms with Gasteiger partial charge in [-0.3, -0.25) is 76.7 Å². The zero-order valence-electron chi connectivity index (χ0n) is 63.2. The zero-order chi connectivity index (χ0) is 82.4. The lowest BCUT2D eigenvalue weighted by Gasteiger charge is -2.34. The summed E-state index contributed by atoms with van der Waals surface area (Å²) in [5, 5.41) is 59.8. The number of nitrogens with zero attached hydrogens (tertiary/aromatic N) is 3. The molecule has 37 heteroatoms. The van der Waals surface area contributed by atoms with Crippen molar-refractivity contribution in [1.82, 2.24) is 73.2 Å². The van der Waals surface area contributed by atoms with Gasteiger partial charge in [0.1, 0.15) is 90.0 Å². The predicted octanol–water partition coefficient (Wildman–Crippen LogP) is -2.66. The van der Waals surface area contributed by atoms with Crippen LogP contribution in [0.15, 0.2) is 103 Å². The molecule has 0 saturated carbocycles. The van der Waals surface area contributed by atoms with Crippen molar-refractivity contribution in [3.8, 4) is 22.6 Å².